The van der Waals surface area contributed by atoms with Crippen LogP contribution in [0.5, 0.6) is 0 Å². The van der Waals surface area contributed by atoms with Gasteiger partial charge in [0.25, 0.3) is 0 Å². The average Bonchev–Trinajstić information content (AvgIpc) is 2.18. The van der Waals surface area contributed by atoms with E-state index in [9.17, 15) is 0 Å². The van der Waals surface area contributed by atoms with Crippen LogP contribution >= 0.6 is 0 Å². The van der Waals surface area contributed by atoms with Gasteiger partial charge in [0, 0.05) is 0 Å². The minimum atomic E-state index is 0.706. The Kier molecular flexibility index (Phi) is 7.55. The van der Waals surface area contributed by atoms with Gasteiger partial charge in [0.15, 0.2) is 0 Å². The number of allylic oxidation sites excluding steroid dienone is 4. The molecule has 0 rings (SSSR count). The van der Waals surface area contributed by atoms with Gasteiger partial charge in [0.2, 0.25) is 0 Å². The largest absolute Gasteiger partial charge is 0.0845 e. The van der Waals surface area contributed by atoms with Crippen LogP contribution in [-0.2, 0) is 0 Å². The molecule has 0 saturated carbocycles. The van der Waals surface area contributed by atoms with Crippen molar-refractivity contribution in [3.05, 3.63) is 23.8 Å². The highest BCUT2D eigenvalue weighted by atomic mass is 14.1. The minimum absolute atomic E-state index is 0.706. The van der Waals surface area contributed by atoms with E-state index in [1.807, 2.05) is 0 Å². The first-order valence-electron chi connectivity index (χ1n) is 5.98. The molecule has 82 valence electrons. The zero-order chi connectivity index (χ0) is 11.0. The lowest BCUT2D eigenvalue weighted by Gasteiger charge is -2.16. The molecule has 0 aliphatic heterocycles. The van der Waals surface area contributed by atoms with Crippen molar-refractivity contribution < 1.29 is 0 Å². The lowest BCUT2D eigenvalue weighted by molar-refractivity contribution is 0.446. The molecule has 14 heavy (non-hydrogen) atoms. The van der Waals surface area contributed by atoms with E-state index in [0.29, 0.717) is 5.92 Å². The van der Waals surface area contributed by atoms with Gasteiger partial charge in [-0.05, 0) is 37.2 Å². The van der Waals surface area contributed by atoms with E-state index >= 15 is 0 Å². The van der Waals surface area contributed by atoms with Crippen molar-refractivity contribution in [1.82, 2.24) is 0 Å². The summed E-state index contributed by atoms with van der Waals surface area (Å²) in [5.41, 5.74) is 1.49. The predicted octanol–water partition coefficient (Wildman–Crippen LogP) is 4.97. The Labute approximate surface area is 90.1 Å². The first-order chi connectivity index (χ1) is 6.65. The van der Waals surface area contributed by atoms with Crippen LogP contribution in [-0.4, -0.2) is 0 Å². The van der Waals surface area contributed by atoms with Gasteiger partial charge in [-0.1, -0.05) is 52.3 Å². The van der Waals surface area contributed by atoms with Crippen molar-refractivity contribution in [1.29, 1.82) is 0 Å². The quantitative estimate of drug-likeness (QED) is 0.524. The molecule has 0 nitrogen and oxygen atoms in total. The molecule has 2 atom stereocenters. The fraction of sp³-hybridized carbons (Fsp3) is 0.714. The Morgan fingerprint density at radius 2 is 1.86 bits per heavy atom. The second kappa shape index (κ2) is 7.84. The molecule has 0 radical (unpaired) electrons. The van der Waals surface area contributed by atoms with Gasteiger partial charge in [-0.3, -0.25) is 0 Å². The normalized spacial score (nSPS) is 17.4. The summed E-state index contributed by atoms with van der Waals surface area (Å²) >= 11 is 0. The van der Waals surface area contributed by atoms with Crippen molar-refractivity contribution >= 4 is 0 Å². The van der Waals surface area contributed by atoms with Crippen LogP contribution in [0.15, 0.2) is 23.8 Å². The van der Waals surface area contributed by atoms with E-state index in [4.69, 9.17) is 0 Å². The minimum Gasteiger partial charge on any atom is -0.0845 e. The third-order valence-corrected chi connectivity index (χ3v) is 2.90. The highest BCUT2D eigenvalue weighted by Gasteiger charge is 2.09. The summed E-state index contributed by atoms with van der Waals surface area (Å²) in [6.07, 6.45) is 10.5. The summed E-state index contributed by atoms with van der Waals surface area (Å²) in [5, 5.41) is 0. The van der Waals surface area contributed by atoms with Gasteiger partial charge >= 0.3 is 0 Å². The molecule has 0 fully saturated rings. The topological polar surface area (TPSA) is 0 Å². The third kappa shape index (κ3) is 5.26. The van der Waals surface area contributed by atoms with Crippen LogP contribution in [0, 0.1) is 11.8 Å². The molecule has 0 heteroatoms. The Hall–Kier alpha value is -0.520. The summed E-state index contributed by atoms with van der Waals surface area (Å²) in [5.74, 6) is 1.55. The van der Waals surface area contributed by atoms with Crippen LogP contribution < -0.4 is 0 Å². The van der Waals surface area contributed by atoms with Crippen LogP contribution in [0.25, 0.3) is 0 Å². The van der Waals surface area contributed by atoms with Crippen LogP contribution in [0.2, 0.25) is 0 Å². The molecule has 0 N–H and O–H groups in total. The molecule has 2 unspecified atom stereocenters. The monoisotopic (exact) mass is 194 g/mol. The summed E-state index contributed by atoms with van der Waals surface area (Å²) in [7, 11) is 0. The maximum atomic E-state index is 2.34. The van der Waals surface area contributed by atoms with E-state index in [0.717, 1.165) is 12.3 Å². The van der Waals surface area contributed by atoms with Gasteiger partial charge in [0.1, 0.15) is 0 Å². The summed E-state index contributed by atoms with van der Waals surface area (Å²) in [6.45, 7) is 11.3. The fourth-order valence-electron chi connectivity index (χ4n) is 1.71. The third-order valence-electron chi connectivity index (χ3n) is 2.90. The van der Waals surface area contributed by atoms with E-state index in [1.54, 1.807) is 0 Å². The molecule has 0 aliphatic rings. The van der Waals surface area contributed by atoms with Crippen LogP contribution in [0.4, 0.5) is 0 Å². The van der Waals surface area contributed by atoms with Crippen molar-refractivity contribution in [2.45, 2.75) is 53.9 Å². The highest BCUT2D eigenvalue weighted by Crippen LogP contribution is 2.22. The fourth-order valence-corrected chi connectivity index (χ4v) is 1.71. The lowest BCUT2D eigenvalue weighted by atomic mass is 9.89. The Balaban J connectivity index is 4.18. The van der Waals surface area contributed by atoms with Gasteiger partial charge in [-0.15, -0.1) is 0 Å². The number of rotatable bonds is 6. The van der Waals surface area contributed by atoms with Crippen molar-refractivity contribution in [3.8, 4) is 0 Å². The standard InChI is InChI=1S/C14H26/c1-6-9-10-14(8-3)13(5)11-12(4)7-2/h8-10,12-13H,6-7,11H2,1-5H3/b10-9-,14-8+. The molecule has 0 aromatic rings. The van der Waals surface area contributed by atoms with E-state index < -0.39 is 0 Å². The van der Waals surface area contributed by atoms with Crippen molar-refractivity contribution in [2.24, 2.45) is 11.8 Å². The molecule has 0 aromatic heterocycles. The molecule has 0 aromatic carbocycles. The van der Waals surface area contributed by atoms with Crippen LogP contribution in [0.3, 0.4) is 0 Å². The Morgan fingerprint density at radius 1 is 1.21 bits per heavy atom. The van der Waals surface area contributed by atoms with E-state index in [2.05, 4.69) is 52.8 Å². The number of hydrogen-bond donors (Lipinski definition) is 0. The molecule has 0 aliphatic carbocycles. The lowest BCUT2D eigenvalue weighted by Crippen LogP contribution is -2.04. The SMILES string of the molecule is C/C=C(\C=C/CC)C(C)CC(C)CC. The first-order valence-corrected chi connectivity index (χ1v) is 5.98. The van der Waals surface area contributed by atoms with Crippen LogP contribution in [0.1, 0.15) is 53.9 Å². The Morgan fingerprint density at radius 3 is 2.29 bits per heavy atom. The average molecular weight is 194 g/mol. The maximum Gasteiger partial charge on any atom is -0.0191 e. The summed E-state index contributed by atoms with van der Waals surface area (Å²) in [4.78, 5) is 0. The molecule has 0 bridgehead atoms. The molecular formula is C14H26. The maximum absolute atomic E-state index is 2.34. The molecule has 0 spiro atoms. The summed E-state index contributed by atoms with van der Waals surface area (Å²) < 4.78 is 0. The van der Waals surface area contributed by atoms with Gasteiger partial charge in [-0.2, -0.15) is 0 Å². The molecule has 0 heterocycles. The van der Waals surface area contributed by atoms with Gasteiger partial charge in [-0.25, -0.2) is 0 Å². The zero-order valence-corrected chi connectivity index (χ0v) is 10.5. The highest BCUT2D eigenvalue weighted by molar-refractivity contribution is 5.20. The molecular weight excluding hydrogens is 168 g/mol. The smallest absolute Gasteiger partial charge is 0.0191 e. The van der Waals surface area contributed by atoms with Crippen molar-refractivity contribution in [3.63, 3.8) is 0 Å². The van der Waals surface area contributed by atoms with E-state index in [1.165, 1.54) is 18.4 Å². The van der Waals surface area contributed by atoms with Gasteiger partial charge < -0.3 is 0 Å². The van der Waals surface area contributed by atoms with Gasteiger partial charge in [0.05, 0.1) is 0 Å². The second-order valence-corrected chi connectivity index (χ2v) is 4.25. The first kappa shape index (κ1) is 13.5. The number of hydrogen-bond acceptors (Lipinski definition) is 0. The molecule has 0 saturated heterocycles. The van der Waals surface area contributed by atoms with Crippen molar-refractivity contribution in [2.75, 3.05) is 0 Å². The predicted molar refractivity (Wildman–Crippen MR) is 66.4 cm³/mol. The second-order valence-electron chi connectivity index (χ2n) is 4.25. The Bertz CT molecular complexity index is 186. The van der Waals surface area contributed by atoms with E-state index in [-0.39, 0.29) is 0 Å². The molecule has 0 amide bonds. The zero-order valence-electron chi connectivity index (χ0n) is 10.5. The summed E-state index contributed by atoms with van der Waals surface area (Å²) in [6, 6.07) is 0.